The summed E-state index contributed by atoms with van der Waals surface area (Å²) in [5, 5.41) is 28.8. The molecule has 23 heteroatoms. The molecule has 14 nitrogen and oxygen atoms in total. The first-order valence-corrected chi connectivity index (χ1v) is 31.8. The summed E-state index contributed by atoms with van der Waals surface area (Å²) in [5.74, 6) is -3.63. The van der Waals surface area contributed by atoms with Gasteiger partial charge in [0.05, 0.1) is 6.20 Å². The Labute approximate surface area is 685 Å². The molecule has 0 saturated carbocycles. The SMILES string of the molecule is CC1(C)c2ccc(-n3cccn3)[c-]c2-c2ccccc21.Cc1c[c-]c(-c2ccccn2)cc1.Fc1c[c-]c(-n2cccn2)c(F)c1.Fc1c[c-]c(-n2cccn2)c(F)c1.O=C(O)c1ccccn1.[Ir].[Ir].[Ir].[Ir].[Ir].[c-]1ccc(-c2ccccc2)cc1-n1cccn1.[c-]1ccccc1-n1cc(-c2ccccc2)cn1. The van der Waals surface area contributed by atoms with E-state index in [2.05, 4.69) is 171 Å². The van der Waals surface area contributed by atoms with Gasteiger partial charge in [0.15, 0.2) is 0 Å². The molecule has 17 rings (SSSR count). The molecule has 5 radical (unpaired) electrons. The summed E-state index contributed by atoms with van der Waals surface area (Å²) in [5.41, 5.74) is 16.4. The number of carboxylic acid groups (broad SMARTS) is 1. The Kier molecular flexibility index (Phi) is 34.3. The van der Waals surface area contributed by atoms with Crippen LogP contribution in [0.25, 0.3) is 73.1 Å². The van der Waals surface area contributed by atoms with Crippen molar-refractivity contribution in [3.63, 3.8) is 0 Å². The fourth-order valence-corrected chi connectivity index (χ4v) is 10.4. The predicted octanol–water partition coefficient (Wildman–Crippen LogP) is 18.2. The Bertz CT molecular complexity index is 5100. The van der Waals surface area contributed by atoms with E-state index in [4.69, 9.17) is 5.11 Å². The van der Waals surface area contributed by atoms with Gasteiger partial charge in [-0.15, -0.1) is 107 Å². The topological polar surface area (TPSA) is 152 Å². The van der Waals surface area contributed by atoms with Gasteiger partial charge in [0.2, 0.25) is 0 Å². The third kappa shape index (κ3) is 23.6. The zero-order valence-electron chi connectivity index (χ0n) is 56.9. The minimum Gasteiger partial charge on any atom is -0.477 e. The van der Waals surface area contributed by atoms with Crippen molar-refractivity contribution in [3.05, 3.63) is 399 Å². The molecule has 1 aliphatic carbocycles. The summed E-state index contributed by atoms with van der Waals surface area (Å²) in [6.45, 7) is 6.61. The van der Waals surface area contributed by atoms with Crippen molar-refractivity contribution in [1.82, 2.24) is 58.9 Å². The van der Waals surface area contributed by atoms with Gasteiger partial charge in [-0.3, -0.25) is 41.0 Å². The number of aryl methyl sites for hydroxylation is 1. The molecule has 9 aromatic carbocycles. The van der Waals surface area contributed by atoms with E-state index < -0.39 is 29.2 Å². The minimum atomic E-state index is -0.990. The number of aromatic carboxylic acids is 1. The number of carboxylic acids is 1. The number of halogens is 4. The van der Waals surface area contributed by atoms with Crippen molar-refractivity contribution >= 4 is 5.97 Å². The van der Waals surface area contributed by atoms with Crippen LogP contribution in [-0.4, -0.2) is 69.9 Å². The molecule has 0 saturated heterocycles. The number of hydrogen-bond donors (Lipinski definition) is 1. The summed E-state index contributed by atoms with van der Waals surface area (Å²) in [4.78, 5) is 18.0. The minimum absolute atomic E-state index is 0. The van der Waals surface area contributed by atoms with E-state index in [-0.39, 0.29) is 123 Å². The van der Waals surface area contributed by atoms with E-state index in [0.29, 0.717) is 0 Å². The molecule has 0 aliphatic heterocycles. The molecule has 0 atom stereocenters. The number of nitrogens with zero attached hydrogens (tertiary/aromatic N) is 12. The van der Waals surface area contributed by atoms with Crippen LogP contribution >= 0.6 is 0 Å². The van der Waals surface area contributed by atoms with E-state index in [1.807, 2.05) is 148 Å². The molecule has 0 amide bonds. The van der Waals surface area contributed by atoms with Crippen LogP contribution in [0, 0.1) is 66.6 Å². The van der Waals surface area contributed by atoms with E-state index in [9.17, 15) is 22.4 Å². The fraction of sp³-hybridized carbons (Fsp3) is 0.0476. The molecular weight excluding hydrogens is 2250 g/mol. The maximum Gasteiger partial charge on any atom is 0.354 e. The smallest absolute Gasteiger partial charge is 0.354 e. The first kappa shape index (κ1) is 85.7. The van der Waals surface area contributed by atoms with Gasteiger partial charge in [0.1, 0.15) is 5.69 Å². The molecule has 0 fully saturated rings. The molecule has 107 heavy (non-hydrogen) atoms. The van der Waals surface area contributed by atoms with E-state index in [1.54, 1.807) is 55.2 Å². The summed E-state index contributed by atoms with van der Waals surface area (Å²) < 4.78 is 59.2. The summed E-state index contributed by atoms with van der Waals surface area (Å²) in [6, 6.07) is 92.9. The van der Waals surface area contributed by atoms with E-state index in [1.165, 1.54) is 78.5 Å². The zero-order valence-corrected chi connectivity index (χ0v) is 68.9. The Morgan fingerprint density at radius 3 is 1.46 bits per heavy atom. The summed E-state index contributed by atoms with van der Waals surface area (Å²) in [7, 11) is 0. The molecule has 1 N–H and O–H groups in total. The van der Waals surface area contributed by atoms with Gasteiger partial charge < -0.3 is 10.1 Å². The molecule has 549 valence electrons. The van der Waals surface area contributed by atoms with Gasteiger partial charge in [-0.1, -0.05) is 135 Å². The molecular formula is C84H62F4Ir5N12O2-6. The van der Waals surface area contributed by atoms with Crippen LogP contribution in [0.4, 0.5) is 17.6 Å². The quantitative estimate of drug-likeness (QED) is 0.110. The number of carbonyl (C=O) groups is 1. The molecule has 0 spiro atoms. The first-order valence-electron chi connectivity index (χ1n) is 31.8. The van der Waals surface area contributed by atoms with Gasteiger partial charge in [-0.05, 0) is 93.1 Å². The standard InChI is InChI=1S/C18H15N2.2C15H11N2.C12H10N.2C9H5F2N2.C6H5NO2.5Ir/c1-18(2)16-7-4-3-6-14(16)15-12-13(8-9-17(15)18)20-11-5-10-19-20;1-3-7-13(8-4-1)14-11-16-17(12-14)15-9-5-2-6-10-15;1-2-6-13(7-3-1)14-8-4-9-15(12-14)17-11-5-10-16-17;1-10-5-7-11(8-6-10)12-4-2-3-9-13-12;2*10-7-2-3-9(8(11)6-7)13-5-1-4-12-13;8-6(9)5-3-1-2-4-7-5;;;;;/h3-11H,1-2H3;1-9,11-12H;1-8,10-12H;2-7,9H,1H3;2*1-2,4-6H;1-4H,(H,8,9);;;;;/q6*-1;;;;;;. The van der Waals surface area contributed by atoms with Crippen LogP contribution in [-0.2, 0) is 106 Å². The molecule has 16 aromatic rings. The van der Waals surface area contributed by atoms with Gasteiger partial charge in [0, 0.05) is 198 Å². The average Bonchev–Trinajstić information content (AvgIpc) is 1.58. The van der Waals surface area contributed by atoms with Gasteiger partial charge in [0.25, 0.3) is 0 Å². The number of fused-ring (bicyclic) bond motifs is 3. The zero-order chi connectivity index (χ0) is 71.1. The van der Waals surface area contributed by atoms with Crippen LogP contribution in [0.5, 0.6) is 0 Å². The monoisotopic (exact) mass is 2310 g/mol. The third-order valence-electron chi connectivity index (χ3n) is 15.4. The number of para-hydroxylation sites is 1. The van der Waals surface area contributed by atoms with Gasteiger partial charge in [-0.25, -0.2) is 9.78 Å². The van der Waals surface area contributed by atoms with Crippen LogP contribution in [0.15, 0.2) is 317 Å². The second-order valence-corrected chi connectivity index (χ2v) is 22.8. The first-order chi connectivity index (χ1) is 49.7. The maximum atomic E-state index is 13.1. The molecule has 7 aromatic heterocycles. The van der Waals surface area contributed by atoms with Gasteiger partial charge >= 0.3 is 5.97 Å². The van der Waals surface area contributed by atoms with Crippen LogP contribution in [0.2, 0.25) is 0 Å². The Morgan fingerprint density at radius 1 is 0.421 bits per heavy atom. The maximum absolute atomic E-state index is 13.1. The van der Waals surface area contributed by atoms with Crippen molar-refractivity contribution in [2.45, 2.75) is 26.2 Å². The summed E-state index contributed by atoms with van der Waals surface area (Å²) in [6.07, 6.45) is 20.7. The molecule has 0 unspecified atom stereocenters. The van der Waals surface area contributed by atoms with Crippen molar-refractivity contribution in [2.24, 2.45) is 0 Å². The molecule has 1 aliphatic rings. The predicted molar refractivity (Wildman–Crippen MR) is 385 cm³/mol. The Morgan fingerprint density at radius 2 is 0.953 bits per heavy atom. The number of rotatable bonds is 9. The second kappa shape index (κ2) is 42.8. The van der Waals surface area contributed by atoms with Crippen LogP contribution in [0.3, 0.4) is 0 Å². The van der Waals surface area contributed by atoms with Crippen molar-refractivity contribution < 1.29 is 128 Å². The fourth-order valence-electron chi connectivity index (χ4n) is 10.4. The normalized spacial score (nSPS) is 10.5. The number of aromatic nitrogens is 12. The second-order valence-electron chi connectivity index (χ2n) is 22.8. The number of pyridine rings is 2. The Hall–Kier alpha value is -10.2. The van der Waals surface area contributed by atoms with Crippen molar-refractivity contribution in [3.8, 4) is 73.1 Å². The van der Waals surface area contributed by atoms with Crippen molar-refractivity contribution in [2.75, 3.05) is 0 Å². The van der Waals surface area contributed by atoms with E-state index >= 15 is 0 Å². The van der Waals surface area contributed by atoms with E-state index in [0.717, 1.165) is 58.1 Å². The molecule has 7 heterocycles. The van der Waals surface area contributed by atoms with Crippen molar-refractivity contribution in [1.29, 1.82) is 0 Å². The van der Waals surface area contributed by atoms with Crippen LogP contribution in [0.1, 0.15) is 41.0 Å². The third-order valence-corrected chi connectivity index (χ3v) is 15.4. The summed E-state index contributed by atoms with van der Waals surface area (Å²) >= 11 is 0. The number of hydrogen-bond acceptors (Lipinski definition) is 8. The average molecular weight is 2310 g/mol. The van der Waals surface area contributed by atoms with Gasteiger partial charge in [-0.2, -0.15) is 80.1 Å². The Balaban J connectivity index is 0.000000196. The molecule has 0 bridgehead atoms. The number of benzene rings is 9. The van der Waals surface area contributed by atoms with Crippen LogP contribution < -0.4 is 0 Å². The largest absolute Gasteiger partial charge is 0.477 e.